The molecule has 448 valence electrons. The Morgan fingerprint density at radius 1 is 0.408 bits per heavy atom. The van der Waals surface area contributed by atoms with Gasteiger partial charge in [-0.3, -0.25) is 18.6 Å². The highest BCUT2D eigenvalue weighted by Gasteiger charge is 2.27. The number of carbonyl (C=O) groups is 2. The molecule has 0 saturated heterocycles. The SMILES string of the molecule is CCC/C=C\C/C=C\CCCCCCCC(=O)OC(COC(=O)CCCCCCCCCCCCCCCCCCCCCCCCCCCCC/C=C\CCCCCCCCCC)COP(=O)(O)OCC[N+](C)(C)C. The van der Waals surface area contributed by atoms with Crippen molar-refractivity contribution in [1.82, 2.24) is 0 Å². The molecule has 0 fully saturated rings. The van der Waals surface area contributed by atoms with E-state index in [2.05, 4.69) is 50.3 Å². The van der Waals surface area contributed by atoms with Gasteiger partial charge in [0, 0.05) is 12.8 Å². The van der Waals surface area contributed by atoms with Gasteiger partial charge in [0.2, 0.25) is 0 Å². The standard InChI is InChI=1S/C66H126NO8P/c1-6-8-10-12-14-16-18-20-21-22-23-24-25-26-27-28-29-30-31-32-33-34-35-36-37-38-39-40-41-42-43-44-45-47-48-50-52-54-56-58-65(68)72-62-64(63-74-76(70,71)73-61-60-67(3,4)5)75-66(69)59-57-55-53-51-49-46-19-17-15-13-11-9-7-2/h11,13,17,19,22-23,64H,6-10,12,14-16,18,20-21,24-63H2,1-5H3/p+1/b13-11-,19-17-,23-22-. The number of hydrogen-bond acceptors (Lipinski definition) is 7. The molecule has 76 heavy (non-hydrogen) atoms. The monoisotopic (exact) mass is 1090 g/mol. The Labute approximate surface area is 471 Å². The number of esters is 2. The number of nitrogens with zero attached hydrogens (tertiary/aromatic N) is 1. The zero-order valence-electron chi connectivity index (χ0n) is 51.0. The number of phosphoric ester groups is 1. The van der Waals surface area contributed by atoms with Crippen LogP contribution in [0.4, 0.5) is 0 Å². The van der Waals surface area contributed by atoms with Crippen LogP contribution in [-0.4, -0.2) is 74.9 Å². The number of carbonyl (C=O) groups excluding carboxylic acids is 2. The molecule has 0 aliphatic heterocycles. The lowest BCUT2D eigenvalue weighted by atomic mass is 10.0. The van der Waals surface area contributed by atoms with Crippen LogP contribution in [0.5, 0.6) is 0 Å². The van der Waals surface area contributed by atoms with Crippen molar-refractivity contribution in [1.29, 1.82) is 0 Å². The maximum Gasteiger partial charge on any atom is 0.472 e. The predicted molar refractivity (Wildman–Crippen MR) is 326 cm³/mol. The van der Waals surface area contributed by atoms with E-state index in [-0.39, 0.29) is 25.6 Å². The van der Waals surface area contributed by atoms with Crippen molar-refractivity contribution in [3.8, 4) is 0 Å². The van der Waals surface area contributed by atoms with E-state index in [9.17, 15) is 19.0 Å². The second-order valence-electron chi connectivity index (χ2n) is 23.5. The third-order valence-electron chi connectivity index (χ3n) is 14.6. The smallest absolute Gasteiger partial charge is 0.462 e. The number of unbranched alkanes of at least 4 members (excludes halogenated alkanes) is 41. The fourth-order valence-electron chi connectivity index (χ4n) is 9.58. The third kappa shape index (κ3) is 61.4. The number of ether oxygens (including phenoxy) is 2. The van der Waals surface area contributed by atoms with Gasteiger partial charge < -0.3 is 18.9 Å². The molecule has 2 unspecified atom stereocenters. The molecule has 0 aromatic rings. The highest BCUT2D eigenvalue weighted by molar-refractivity contribution is 7.47. The van der Waals surface area contributed by atoms with Crippen LogP contribution in [0.1, 0.15) is 322 Å². The molecule has 0 amide bonds. The molecule has 0 heterocycles. The summed E-state index contributed by atoms with van der Waals surface area (Å²) in [6.07, 6.45) is 72.8. The number of hydrogen-bond donors (Lipinski definition) is 1. The molecule has 2 atom stereocenters. The summed E-state index contributed by atoms with van der Waals surface area (Å²) in [5.41, 5.74) is 0. The lowest BCUT2D eigenvalue weighted by Crippen LogP contribution is -2.37. The summed E-state index contributed by atoms with van der Waals surface area (Å²) in [7, 11) is 1.48. The number of rotatable bonds is 61. The Morgan fingerprint density at radius 3 is 1.11 bits per heavy atom. The first-order valence-electron chi connectivity index (χ1n) is 32.7. The minimum atomic E-state index is -4.38. The lowest BCUT2D eigenvalue weighted by molar-refractivity contribution is -0.870. The minimum Gasteiger partial charge on any atom is -0.462 e. The summed E-state index contributed by atoms with van der Waals surface area (Å²) in [6, 6.07) is 0. The summed E-state index contributed by atoms with van der Waals surface area (Å²) in [4.78, 5) is 35.6. The summed E-state index contributed by atoms with van der Waals surface area (Å²) in [5, 5.41) is 0. The third-order valence-corrected chi connectivity index (χ3v) is 15.6. The second-order valence-corrected chi connectivity index (χ2v) is 25.0. The van der Waals surface area contributed by atoms with E-state index in [0.717, 1.165) is 64.2 Å². The maximum atomic E-state index is 12.7. The maximum absolute atomic E-state index is 12.7. The summed E-state index contributed by atoms with van der Waals surface area (Å²) in [6.45, 7) is 4.39. The fourth-order valence-corrected chi connectivity index (χ4v) is 10.3. The van der Waals surface area contributed by atoms with Crippen LogP contribution in [0.15, 0.2) is 36.5 Å². The van der Waals surface area contributed by atoms with Gasteiger partial charge in [0.15, 0.2) is 6.10 Å². The average Bonchev–Trinajstić information content (AvgIpc) is 3.38. The van der Waals surface area contributed by atoms with Crippen LogP contribution in [0.25, 0.3) is 0 Å². The van der Waals surface area contributed by atoms with Crippen LogP contribution in [0, 0.1) is 0 Å². The van der Waals surface area contributed by atoms with Gasteiger partial charge in [0.25, 0.3) is 0 Å². The second kappa shape index (κ2) is 57.9. The van der Waals surface area contributed by atoms with E-state index < -0.39 is 26.5 Å². The molecule has 0 aliphatic carbocycles. The minimum absolute atomic E-state index is 0.0303. The number of phosphoric acid groups is 1. The first-order chi connectivity index (χ1) is 37.0. The Morgan fingerprint density at radius 2 is 0.737 bits per heavy atom. The van der Waals surface area contributed by atoms with Gasteiger partial charge >= 0.3 is 19.8 Å². The lowest BCUT2D eigenvalue weighted by Gasteiger charge is -2.24. The number of allylic oxidation sites excluding steroid dienone is 6. The van der Waals surface area contributed by atoms with Crippen molar-refractivity contribution < 1.29 is 42.1 Å². The molecule has 9 nitrogen and oxygen atoms in total. The van der Waals surface area contributed by atoms with E-state index >= 15 is 0 Å². The largest absolute Gasteiger partial charge is 0.472 e. The van der Waals surface area contributed by atoms with Crippen LogP contribution in [0.2, 0.25) is 0 Å². The molecule has 0 bridgehead atoms. The molecule has 0 radical (unpaired) electrons. The molecule has 0 aliphatic rings. The van der Waals surface area contributed by atoms with E-state index in [1.165, 1.54) is 225 Å². The zero-order chi connectivity index (χ0) is 55.6. The van der Waals surface area contributed by atoms with Gasteiger partial charge in [-0.05, 0) is 64.2 Å². The highest BCUT2D eigenvalue weighted by atomic mass is 31.2. The van der Waals surface area contributed by atoms with Gasteiger partial charge in [0.1, 0.15) is 19.8 Å². The van der Waals surface area contributed by atoms with Gasteiger partial charge in [-0.15, -0.1) is 0 Å². The van der Waals surface area contributed by atoms with Crippen molar-refractivity contribution in [3.05, 3.63) is 36.5 Å². The van der Waals surface area contributed by atoms with Crippen LogP contribution in [-0.2, 0) is 32.7 Å². The topological polar surface area (TPSA) is 108 Å². The highest BCUT2D eigenvalue weighted by Crippen LogP contribution is 2.43. The summed E-state index contributed by atoms with van der Waals surface area (Å²) in [5.74, 6) is -0.802. The van der Waals surface area contributed by atoms with Gasteiger partial charge in [-0.2, -0.15) is 0 Å². The van der Waals surface area contributed by atoms with Crippen LogP contribution < -0.4 is 0 Å². The van der Waals surface area contributed by atoms with Crippen molar-refractivity contribution in [2.45, 2.75) is 328 Å². The molecular formula is C66H127NO8P+. The Hall–Kier alpha value is -1.77. The zero-order valence-corrected chi connectivity index (χ0v) is 51.9. The fraction of sp³-hybridized carbons (Fsp3) is 0.879. The van der Waals surface area contributed by atoms with Crippen molar-refractivity contribution in [3.63, 3.8) is 0 Å². The van der Waals surface area contributed by atoms with Crippen LogP contribution in [0.3, 0.4) is 0 Å². The summed E-state index contributed by atoms with van der Waals surface area (Å²) < 4.78 is 34.5. The molecule has 0 rings (SSSR count). The van der Waals surface area contributed by atoms with Crippen LogP contribution >= 0.6 is 7.82 Å². The Bertz CT molecular complexity index is 1380. The first-order valence-corrected chi connectivity index (χ1v) is 34.2. The van der Waals surface area contributed by atoms with E-state index in [1.54, 1.807) is 0 Å². The average molecular weight is 1090 g/mol. The molecule has 0 aromatic heterocycles. The summed E-state index contributed by atoms with van der Waals surface area (Å²) >= 11 is 0. The Kier molecular flexibility index (Phi) is 56.6. The molecule has 0 spiro atoms. The van der Waals surface area contributed by atoms with Gasteiger partial charge in [0.05, 0.1) is 27.7 Å². The van der Waals surface area contributed by atoms with Gasteiger partial charge in [-0.25, -0.2) is 4.57 Å². The number of quaternary nitrogens is 1. The normalized spacial score (nSPS) is 13.4. The molecular weight excluding hydrogens is 966 g/mol. The number of likely N-dealkylation sites (N-methyl/N-ethyl adjacent to an activating group) is 1. The molecule has 10 heteroatoms. The first kappa shape index (κ1) is 74.2. The molecule has 1 N–H and O–H groups in total. The van der Waals surface area contributed by atoms with Crippen molar-refractivity contribution in [2.24, 2.45) is 0 Å². The van der Waals surface area contributed by atoms with Crippen molar-refractivity contribution >= 4 is 19.8 Å². The van der Waals surface area contributed by atoms with Gasteiger partial charge in [-0.1, -0.05) is 281 Å². The molecule has 0 saturated carbocycles. The quantitative estimate of drug-likeness (QED) is 0.0211. The van der Waals surface area contributed by atoms with E-state index in [1.807, 2.05) is 21.1 Å². The Balaban J connectivity index is 3.82. The van der Waals surface area contributed by atoms with E-state index in [0.29, 0.717) is 23.9 Å². The van der Waals surface area contributed by atoms with Crippen molar-refractivity contribution in [2.75, 3.05) is 47.5 Å². The molecule has 0 aromatic carbocycles. The predicted octanol–water partition coefficient (Wildman–Crippen LogP) is 20.7. The van der Waals surface area contributed by atoms with E-state index in [4.69, 9.17) is 18.5 Å².